The van der Waals surface area contributed by atoms with E-state index in [9.17, 15) is 9.90 Å². The Balaban J connectivity index is 2.07. The second-order valence-corrected chi connectivity index (χ2v) is 6.57. The summed E-state index contributed by atoms with van der Waals surface area (Å²) in [6, 6.07) is 5.99. The average Bonchev–Trinajstić information content (AvgIpc) is 2.77. The maximum atomic E-state index is 12.5. The minimum Gasteiger partial charge on any atom is -0.395 e. The molecule has 2 N–H and O–H groups in total. The number of hydrogen-bond donors (Lipinski definition) is 2. The molecule has 0 saturated heterocycles. The third-order valence-corrected chi connectivity index (χ3v) is 4.49. The van der Waals surface area contributed by atoms with Gasteiger partial charge in [0.15, 0.2) is 0 Å². The van der Waals surface area contributed by atoms with E-state index in [1.54, 1.807) is 0 Å². The zero-order chi connectivity index (χ0) is 18.6. The molecule has 1 amide bonds. The van der Waals surface area contributed by atoms with Gasteiger partial charge >= 0.3 is 0 Å². The molecule has 1 aromatic carbocycles. The Kier molecular flexibility index (Phi) is 6.33. The number of nitrogens with one attached hydrogen (secondary N) is 1. The van der Waals surface area contributed by atoms with Crippen molar-refractivity contribution in [3.05, 3.63) is 46.3 Å². The molecule has 6 heteroatoms. The Morgan fingerprint density at radius 2 is 2.00 bits per heavy atom. The van der Waals surface area contributed by atoms with Crippen molar-refractivity contribution in [3.8, 4) is 0 Å². The number of rotatable bonds is 7. The summed E-state index contributed by atoms with van der Waals surface area (Å²) in [5.41, 5.74) is 6.12. The van der Waals surface area contributed by atoms with Crippen molar-refractivity contribution < 1.29 is 9.90 Å². The summed E-state index contributed by atoms with van der Waals surface area (Å²) in [6.07, 6.45) is 0. The fourth-order valence-corrected chi connectivity index (χ4v) is 2.89. The molecular weight excluding hydrogens is 316 g/mol. The number of carbonyl (C=O) groups excluding carboxylic acids is 1. The fraction of sp³-hybridized carbons (Fsp3) is 0.474. The summed E-state index contributed by atoms with van der Waals surface area (Å²) in [7, 11) is 1.91. The zero-order valence-corrected chi connectivity index (χ0v) is 15.8. The molecule has 0 saturated carbocycles. The number of anilines is 1. The highest BCUT2D eigenvalue weighted by atomic mass is 16.3. The van der Waals surface area contributed by atoms with Crippen molar-refractivity contribution in [3.63, 3.8) is 0 Å². The molecule has 1 aromatic heterocycles. The molecule has 0 spiro atoms. The second kappa shape index (κ2) is 8.27. The number of amides is 1. The van der Waals surface area contributed by atoms with Crippen LogP contribution in [0, 0.1) is 27.7 Å². The van der Waals surface area contributed by atoms with E-state index >= 15 is 0 Å². The summed E-state index contributed by atoms with van der Waals surface area (Å²) in [6.45, 7) is 9.22. The second-order valence-electron chi connectivity index (χ2n) is 6.57. The van der Waals surface area contributed by atoms with Gasteiger partial charge in [0.25, 0.3) is 0 Å². The lowest BCUT2D eigenvalue weighted by Crippen LogP contribution is -2.35. The van der Waals surface area contributed by atoms with Crippen LogP contribution in [0.4, 0.5) is 5.69 Å². The summed E-state index contributed by atoms with van der Waals surface area (Å²) in [5.74, 6) is -0.0821. The van der Waals surface area contributed by atoms with Gasteiger partial charge in [-0.05, 0) is 44.9 Å². The Hall–Kier alpha value is -2.18. The smallest absolute Gasteiger partial charge is 0.238 e. The van der Waals surface area contributed by atoms with E-state index < -0.39 is 0 Å². The number of aromatic nitrogens is 2. The predicted molar refractivity (Wildman–Crippen MR) is 99.6 cm³/mol. The van der Waals surface area contributed by atoms with Gasteiger partial charge in [0.2, 0.25) is 5.91 Å². The minimum absolute atomic E-state index is 0.00904. The largest absolute Gasteiger partial charge is 0.395 e. The molecule has 6 nitrogen and oxygen atoms in total. The number of benzene rings is 1. The molecule has 136 valence electrons. The first-order valence-electron chi connectivity index (χ1n) is 8.51. The molecule has 0 bridgehead atoms. The molecule has 0 atom stereocenters. The minimum atomic E-state index is -0.0821. The average molecular weight is 344 g/mol. The van der Waals surface area contributed by atoms with Crippen LogP contribution in [0.5, 0.6) is 0 Å². The number of aryl methyl sites for hydroxylation is 4. The lowest BCUT2D eigenvalue weighted by Gasteiger charge is -2.21. The van der Waals surface area contributed by atoms with E-state index in [4.69, 9.17) is 0 Å². The third kappa shape index (κ3) is 4.90. The quantitative estimate of drug-likeness (QED) is 0.807. The highest BCUT2D eigenvalue weighted by molar-refractivity contribution is 5.93. The van der Waals surface area contributed by atoms with Crippen LogP contribution >= 0.6 is 0 Å². The van der Waals surface area contributed by atoms with Crippen LogP contribution in [-0.2, 0) is 18.4 Å². The van der Waals surface area contributed by atoms with Crippen molar-refractivity contribution in [2.24, 2.45) is 7.05 Å². The van der Waals surface area contributed by atoms with E-state index in [0.717, 1.165) is 33.8 Å². The molecule has 2 aromatic rings. The number of carbonyl (C=O) groups is 1. The van der Waals surface area contributed by atoms with E-state index in [1.807, 2.05) is 62.5 Å². The van der Waals surface area contributed by atoms with Gasteiger partial charge in [-0.25, -0.2) is 0 Å². The van der Waals surface area contributed by atoms with Gasteiger partial charge in [-0.15, -0.1) is 0 Å². The van der Waals surface area contributed by atoms with Gasteiger partial charge in [-0.3, -0.25) is 14.4 Å². The van der Waals surface area contributed by atoms with Gasteiger partial charge < -0.3 is 10.4 Å². The van der Waals surface area contributed by atoms with Gasteiger partial charge in [0.1, 0.15) is 0 Å². The van der Waals surface area contributed by atoms with E-state index in [2.05, 4.69) is 10.4 Å². The lowest BCUT2D eigenvalue weighted by atomic mass is 10.1. The fourth-order valence-electron chi connectivity index (χ4n) is 2.89. The first kappa shape index (κ1) is 19.1. The summed E-state index contributed by atoms with van der Waals surface area (Å²) in [5, 5.41) is 16.7. The molecule has 0 unspecified atom stereocenters. The van der Waals surface area contributed by atoms with E-state index in [-0.39, 0.29) is 19.1 Å². The van der Waals surface area contributed by atoms with Gasteiger partial charge in [0, 0.05) is 37.1 Å². The van der Waals surface area contributed by atoms with Crippen molar-refractivity contribution in [1.29, 1.82) is 0 Å². The maximum Gasteiger partial charge on any atom is 0.238 e. The van der Waals surface area contributed by atoms with Gasteiger partial charge in [-0.1, -0.05) is 12.1 Å². The molecule has 0 aliphatic rings. The molecule has 0 aliphatic heterocycles. The Labute approximate surface area is 149 Å². The highest BCUT2D eigenvalue weighted by Crippen LogP contribution is 2.17. The molecule has 0 aliphatic carbocycles. The number of aliphatic hydroxyl groups excluding tert-OH is 1. The molecule has 0 radical (unpaired) electrons. The molecule has 2 rings (SSSR count). The number of hydrogen-bond acceptors (Lipinski definition) is 4. The summed E-state index contributed by atoms with van der Waals surface area (Å²) in [4.78, 5) is 14.4. The van der Waals surface area contributed by atoms with Crippen LogP contribution < -0.4 is 5.32 Å². The van der Waals surface area contributed by atoms with Crippen LogP contribution in [0.3, 0.4) is 0 Å². The number of nitrogens with zero attached hydrogens (tertiary/aromatic N) is 3. The number of aliphatic hydroxyl groups is 1. The summed E-state index contributed by atoms with van der Waals surface area (Å²) < 4.78 is 1.85. The van der Waals surface area contributed by atoms with Crippen molar-refractivity contribution >= 4 is 11.6 Å². The highest BCUT2D eigenvalue weighted by Gasteiger charge is 2.16. The normalized spacial score (nSPS) is 11.2. The predicted octanol–water partition coefficient (Wildman–Crippen LogP) is 2.09. The Bertz CT molecular complexity index is 752. The molecule has 0 fully saturated rings. The Morgan fingerprint density at radius 3 is 2.60 bits per heavy atom. The van der Waals surface area contributed by atoms with E-state index in [0.29, 0.717) is 13.1 Å². The van der Waals surface area contributed by atoms with Crippen LogP contribution in [0.15, 0.2) is 18.2 Å². The first-order valence-corrected chi connectivity index (χ1v) is 8.51. The van der Waals surface area contributed by atoms with Crippen molar-refractivity contribution in [2.45, 2.75) is 34.2 Å². The van der Waals surface area contributed by atoms with Gasteiger partial charge in [0.05, 0.1) is 18.8 Å². The zero-order valence-electron chi connectivity index (χ0n) is 15.8. The summed E-state index contributed by atoms with van der Waals surface area (Å²) >= 11 is 0. The molecular formula is C19H28N4O2. The topological polar surface area (TPSA) is 70.4 Å². The van der Waals surface area contributed by atoms with Crippen molar-refractivity contribution in [1.82, 2.24) is 14.7 Å². The SMILES string of the molecule is Cc1ccc(C)c(NC(=O)CN(CCO)Cc2c(C)nn(C)c2C)c1. The maximum absolute atomic E-state index is 12.5. The van der Waals surface area contributed by atoms with Crippen LogP contribution in [0.1, 0.15) is 28.1 Å². The standard InChI is InChI=1S/C19H28N4O2/c1-13-6-7-14(2)18(10-13)20-19(25)12-23(8-9-24)11-17-15(3)21-22(5)16(17)4/h6-7,10,24H,8-9,11-12H2,1-5H3,(H,20,25). The van der Waals surface area contributed by atoms with Crippen LogP contribution in [0.2, 0.25) is 0 Å². The first-order chi connectivity index (χ1) is 11.8. The van der Waals surface area contributed by atoms with Crippen molar-refractivity contribution in [2.75, 3.05) is 25.0 Å². The monoisotopic (exact) mass is 344 g/mol. The molecule has 1 heterocycles. The molecule has 25 heavy (non-hydrogen) atoms. The van der Waals surface area contributed by atoms with Crippen LogP contribution in [-0.4, -0.2) is 45.4 Å². The lowest BCUT2D eigenvalue weighted by molar-refractivity contribution is -0.117. The third-order valence-electron chi connectivity index (χ3n) is 4.49. The van der Waals surface area contributed by atoms with E-state index in [1.165, 1.54) is 0 Å². The van der Waals surface area contributed by atoms with Gasteiger partial charge in [-0.2, -0.15) is 5.10 Å². The van der Waals surface area contributed by atoms with Crippen LogP contribution in [0.25, 0.3) is 0 Å². The Morgan fingerprint density at radius 1 is 1.28 bits per heavy atom.